The van der Waals surface area contributed by atoms with Crippen LogP contribution in [-0.4, -0.2) is 37.4 Å². The molecule has 1 saturated heterocycles. The molecule has 0 spiro atoms. The number of hydrogen-bond acceptors (Lipinski definition) is 4. The van der Waals surface area contributed by atoms with E-state index in [1.165, 1.54) is 0 Å². The zero-order valence-corrected chi connectivity index (χ0v) is 11.3. The van der Waals surface area contributed by atoms with Crippen LogP contribution in [0.25, 0.3) is 0 Å². The molecule has 5 nitrogen and oxygen atoms in total. The fourth-order valence-electron chi connectivity index (χ4n) is 2.67. The number of amides is 1. The van der Waals surface area contributed by atoms with Crippen LogP contribution in [0.15, 0.2) is 18.2 Å². The van der Waals surface area contributed by atoms with E-state index in [2.05, 4.69) is 5.32 Å². The van der Waals surface area contributed by atoms with Gasteiger partial charge in [0.05, 0.1) is 0 Å². The fourth-order valence-corrected chi connectivity index (χ4v) is 2.67. The van der Waals surface area contributed by atoms with E-state index in [-0.39, 0.29) is 12.0 Å². The van der Waals surface area contributed by atoms with Crippen LogP contribution in [0.5, 0.6) is 0 Å². The van der Waals surface area contributed by atoms with Crippen LogP contribution in [0, 0.1) is 0 Å². The number of hydrogen-bond donors (Lipinski definition) is 2. The monoisotopic (exact) mass is 275 g/mol. The number of fused-ring (bicyclic) bond motifs is 1. The van der Waals surface area contributed by atoms with E-state index in [0.717, 1.165) is 36.7 Å². The van der Waals surface area contributed by atoms with Crippen LogP contribution < -0.4 is 10.8 Å². The predicted octanol–water partition coefficient (Wildman–Crippen LogP) is 0.454. The number of anilines is 1. The summed E-state index contributed by atoms with van der Waals surface area (Å²) in [5.74, 6) is -0.115. The van der Waals surface area contributed by atoms with Crippen molar-refractivity contribution >= 4 is 24.2 Å². The summed E-state index contributed by atoms with van der Waals surface area (Å²) < 4.78 is 10.7. The molecule has 0 aliphatic carbocycles. The topological polar surface area (TPSA) is 67.8 Å². The molecule has 2 aliphatic heterocycles. The van der Waals surface area contributed by atoms with Crippen molar-refractivity contribution in [1.29, 1.82) is 0 Å². The average Bonchev–Trinajstić information content (AvgIpc) is 2.49. The molecule has 106 valence electrons. The van der Waals surface area contributed by atoms with Crippen LogP contribution >= 0.6 is 0 Å². The van der Waals surface area contributed by atoms with Crippen molar-refractivity contribution in [1.82, 2.24) is 0 Å². The number of carbonyl (C=O) groups excluding carboxylic acids is 1. The van der Waals surface area contributed by atoms with Crippen molar-refractivity contribution in [2.75, 3.05) is 18.5 Å². The summed E-state index contributed by atoms with van der Waals surface area (Å²) in [6.45, 7) is 1.17. The minimum atomic E-state index is -0.901. The molecule has 1 amide bonds. The highest BCUT2D eigenvalue weighted by Crippen LogP contribution is 2.17. The van der Waals surface area contributed by atoms with Crippen LogP contribution in [0.4, 0.5) is 5.69 Å². The molecule has 2 N–H and O–H groups in total. The first-order chi connectivity index (χ1) is 9.74. The number of ether oxygens (including phenoxy) is 1. The fraction of sp³-hybridized carbons (Fsp3) is 0.500. The lowest BCUT2D eigenvalue weighted by atomic mass is 9.73. The largest absolute Gasteiger partial charge is 0.491 e. The van der Waals surface area contributed by atoms with Crippen LogP contribution in [-0.2, 0) is 20.6 Å². The highest BCUT2D eigenvalue weighted by atomic mass is 16.5. The Labute approximate surface area is 118 Å². The second-order valence-electron chi connectivity index (χ2n) is 5.23. The Hall–Kier alpha value is -1.37. The highest BCUT2D eigenvalue weighted by Gasteiger charge is 2.26. The van der Waals surface area contributed by atoms with Gasteiger partial charge in [-0.25, -0.2) is 0 Å². The first-order valence-electron chi connectivity index (χ1n) is 7.09. The number of carbonyl (C=O) groups is 1. The highest BCUT2D eigenvalue weighted by molar-refractivity contribution is 6.61. The van der Waals surface area contributed by atoms with Gasteiger partial charge >= 0.3 is 7.12 Å². The maximum atomic E-state index is 12.1. The summed E-state index contributed by atoms with van der Waals surface area (Å²) in [6.07, 6.45) is 3.23. The summed E-state index contributed by atoms with van der Waals surface area (Å²) >= 11 is 0. The van der Waals surface area contributed by atoms with Crippen LogP contribution in [0.2, 0.25) is 0 Å². The SMILES string of the molecule is O=C(Nc1ccc2c(c1)B(O)OCC2)C1CCCCO1. The van der Waals surface area contributed by atoms with E-state index in [9.17, 15) is 9.82 Å². The summed E-state index contributed by atoms with van der Waals surface area (Å²) in [5.41, 5.74) is 2.47. The van der Waals surface area contributed by atoms with E-state index in [0.29, 0.717) is 18.9 Å². The second kappa shape index (κ2) is 5.95. The molecular weight excluding hydrogens is 257 g/mol. The normalized spacial score (nSPS) is 22.2. The van der Waals surface area contributed by atoms with E-state index < -0.39 is 7.12 Å². The van der Waals surface area contributed by atoms with Crippen molar-refractivity contribution in [2.45, 2.75) is 31.8 Å². The van der Waals surface area contributed by atoms with Gasteiger partial charge in [0.1, 0.15) is 6.10 Å². The van der Waals surface area contributed by atoms with Gasteiger partial charge in [0, 0.05) is 18.9 Å². The third-order valence-corrected chi connectivity index (χ3v) is 3.80. The summed E-state index contributed by atoms with van der Waals surface area (Å²) in [6, 6.07) is 5.57. The lowest BCUT2D eigenvalue weighted by Gasteiger charge is -2.23. The number of benzene rings is 1. The molecule has 20 heavy (non-hydrogen) atoms. The van der Waals surface area contributed by atoms with E-state index in [1.807, 2.05) is 12.1 Å². The molecule has 2 heterocycles. The maximum absolute atomic E-state index is 12.1. The molecule has 1 unspecified atom stereocenters. The van der Waals surface area contributed by atoms with Crippen molar-refractivity contribution in [3.05, 3.63) is 23.8 Å². The molecule has 1 atom stereocenters. The Morgan fingerprint density at radius 2 is 2.25 bits per heavy atom. The van der Waals surface area contributed by atoms with Gasteiger partial charge in [-0.15, -0.1) is 0 Å². The maximum Gasteiger partial charge on any atom is 0.491 e. The molecule has 0 bridgehead atoms. The molecule has 6 heteroatoms. The Bertz CT molecular complexity index is 502. The minimum absolute atomic E-state index is 0.115. The predicted molar refractivity (Wildman–Crippen MR) is 75.9 cm³/mol. The van der Waals surface area contributed by atoms with Crippen molar-refractivity contribution in [3.8, 4) is 0 Å². The molecule has 0 saturated carbocycles. The van der Waals surface area contributed by atoms with Crippen LogP contribution in [0.3, 0.4) is 0 Å². The van der Waals surface area contributed by atoms with E-state index in [1.54, 1.807) is 6.07 Å². The molecule has 2 aliphatic rings. The third-order valence-electron chi connectivity index (χ3n) is 3.80. The third kappa shape index (κ3) is 2.87. The number of rotatable bonds is 2. The number of nitrogens with one attached hydrogen (secondary N) is 1. The molecule has 1 fully saturated rings. The Kier molecular flexibility index (Phi) is 4.05. The standard InChI is InChI=1S/C14H18BNO4/c17-14(13-3-1-2-7-19-13)16-11-5-4-10-6-8-20-15(18)12(10)9-11/h4-5,9,13,18H,1-3,6-8H2,(H,16,17). The average molecular weight is 275 g/mol. The van der Waals surface area contributed by atoms with E-state index in [4.69, 9.17) is 9.39 Å². The van der Waals surface area contributed by atoms with Crippen molar-refractivity contribution in [3.63, 3.8) is 0 Å². The van der Waals surface area contributed by atoms with Gasteiger partial charge < -0.3 is 19.7 Å². The summed E-state index contributed by atoms with van der Waals surface area (Å²) in [5, 5.41) is 12.7. The molecule has 0 radical (unpaired) electrons. The Morgan fingerprint density at radius 1 is 1.35 bits per heavy atom. The quantitative estimate of drug-likeness (QED) is 0.769. The molecule has 1 aromatic carbocycles. The molecule has 0 aromatic heterocycles. The Balaban J connectivity index is 1.71. The second-order valence-corrected chi connectivity index (χ2v) is 5.23. The van der Waals surface area contributed by atoms with Gasteiger partial charge in [-0.3, -0.25) is 4.79 Å². The Morgan fingerprint density at radius 3 is 3.05 bits per heavy atom. The van der Waals surface area contributed by atoms with Gasteiger partial charge in [-0.05, 0) is 48.8 Å². The molecule has 3 rings (SSSR count). The zero-order valence-electron chi connectivity index (χ0n) is 11.3. The van der Waals surface area contributed by atoms with E-state index >= 15 is 0 Å². The first-order valence-corrected chi connectivity index (χ1v) is 7.09. The van der Waals surface area contributed by atoms with Gasteiger partial charge in [-0.1, -0.05) is 6.07 Å². The minimum Gasteiger partial charge on any atom is -0.423 e. The lowest BCUT2D eigenvalue weighted by Crippen LogP contribution is -2.41. The van der Waals surface area contributed by atoms with Gasteiger partial charge in [0.25, 0.3) is 5.91 Å². The van der Waals surface area contributed by atoms with Crippen molar-refractivity contribution in [2.24, 2.45) is 0 Å². The summed E-state index contributed by atoms with van der Waals surface area (Å²) in [7, 11) is -0.901. The molecular formula is C14H18BNO4. The van der Waals surface area contributed by atoms with Crippen molar-refractivity contribution < 1.29 is 19.2 Å². The van der Waals surface area contributed by atoms with Gasteiger partial charge in [0.2, 0.25) is 0 Å². The zero-order chi connectivity index (χ0) is 13.9. The first kappa shape index (κ1) is 13.6. The molecule has 1 aromatic rings. The summed E-state index contributed by atoms with van der Waals surface area (Å²) in [4.78, 5) is 12.1. The smallest absolute Gasteiger partial charge is 0.423 e. The lowest BCUT2D eigenvalue weighted by molar-refractivity contribution is -0.129. The van der Waals surface area contributed by atoms with Crippen LogP contribution in [0.1, 0.15) is 24.8 Å². The van der Waals surface area contributed by atoms with Gasteiger partial charge in [0.15, 0.2) is 0 Å². The van der Waals surface area contributed by atoms with Gasteiger partial charge in [-0.2, -0.15) is 0 Å².